The smallest absolute Gasteiger partial charge is 0.324 e. The molecule has 44 heavy (non-hydrogen) atoms. The molecule has 0 bridgehead atoms. The maximum Gasteiger partial charge on any atom is 0.324 e. The lowest BCUT2D eigenvalue weighted by molar-refractivity contribution is 0.0827. The molecule has 0 aliphatic carbocycles. The Bertz CT molecular complexity index is 1810. The maximum absolute atomic E-state index is 15.3. The van der Waals surface area contributed by atoms with Crippen LogP contribution in [0.25, 0.3) is 33.4 Å². The number of carbonyl (C=O) groups is 2. The lowest BCUT2D eigenvalue weighted by atomic mass is 10.1. The first-order chi connectivity index (χ1) is 21.4. The van der Waals surface area contributed by atoms with Crippen LogP contribution >= 0.6 is 0 Å². The molecule has 3 aromatic heterocycles. The van der Waals surface area contributed by atoms with Gasteiger partial charge in [0.2, 0.25) is 0 Å². The Kier molecular flexibility index (Phi) is 8.02. The number of hydrogen-bond acceptors (Lipinski definition) is 9. The van der Waals surface area contributed by atoms with Crippen LogP contribution in [-0.2, 0) is 4.74 Å². The summed E-state index contributed by atoms with van der Waals surface area (Å²) in [5.74, 6) is 0.760. The van der Waals surface area contributed by atoms with Crippen molar-refractivity contribution >= 4 is 40.2 Å². The van der Waals surface area contributed by atoms with Crippen LogP contribution < -0.4 is 15.5 Å². The fraction of sp³-hybridized carbons (Fsp3) is 0.194. The van der Waals surface area contributed by atoms with E-state index in [0.717, 1.165) is 0 Å². The molecule has 2 aromatic carbocycles. The molecule has 0 saturated carbocycles. The number of nitrogens with zero attached hydrogens (tertiary/aromatic N) is 7. The number of amides is 3. The predicted octanol–water partition coefficient (Wildman–Crippen LogP) is 4.47. The third-order valence-corrected chi connectivity index (χ3v) is 7.01. The van der Waals surface area contributed by atoms with Crippen molar-refractivity contribution in [3.8, 4) is 22.5 Å². The Morgan fingerprint density at radius 2 is 1.66 bits per heavy atom. The number of ether oxygens (including phenoxy) is 1. The summed E-state index contributed by atoms with van der Waals surface area (Å²) in [5.41, 5.74) is 3.07. The Hall–Kier alpha value is -5.56. The molecule has 5 aromatic rings. The van der Waals surface area contributed by atoms with Crippen LogP contribution in [-0.4, -0.2) is 82.2 Å². The van der Waals surface area contributed by atoms with Crippen molar-refractivity contribution in [2.75, 3.05) is 55.9 Å². The number of hydrogen-bond donors (Lipinski definition) is 2. The molecule has 0 unspecified atom stereocenters. The highest BCUT2D eigenvalue weighted by Gasteiger charge is 2.21. The van der Waals surface area contributed by atoms with Gasteiger partial charge in [-0.25, -0.2) is 34.1 Å². The van der Waals surface area contributed by atoms with Gasteiger partial charge in [-0.15, -0.1) is 0 Å². The number of halogens is 1. The second kappa shape index (κ2) is 12.4. The van der Waals surface area contributed by atoms with Gasteiger partial charge in [-0.05, 0) is 48.5 Å². The van der Waals surface area contributed by atoms with Crippen molar-refractivity contribution in [1.29, 1.82) is 0 Å². The van der Waals surface area contributed by atoms with E-state index in [0.29, 0.717) is 82.6 Å². The summed E-state index contributed by atoms with van der Waals surface area (Å²) in [4.78, 5) is 50.2. The van der Waals surface area contributed by atoms with E-state index in [2.05, 4.69) is 30.5 Å². The standard InChI is InChI=1S/C31H28FN9O3/c1-40(2)30(42)19-3-6-22(7-4-19)36-31(43)38-27-8-5-20(17-35-27)28-37-26-14-23(21-15-33-18-34-16-21)25(32)13-24(26)29(39-28)41-9-11-44-12-10-41/h3-8,13-18H,9-12H2,1-2H3,(H2,35,36,38,43). The highest BCUT2D eigenvalue weighted by molar-refractivity contribution is 6.00. The first kappa shape index (κ1) is 28.6. The second-order valence-corrected chi connectivity index (χ2v) is 10.2. The number of fused-ring (bicyclic) bond motifs is 1. The topological polar surface area (TPSA) is 138 Å². The van der Waals surface area contributed by atoms with Gasteiger partial charge in [0.25, 0.3) is 5.91 Å². The van der Waals surface area contributed by atoms with E-state index in [-0.39, 0.29) is 5.91 Å². The number of morpholine rings is 1. The number of aromatic nitrogens is 5. The Morgan fingerprint density at radius 3 is 2.34 bits per heavy atom. The Labute approximate surface area is 252 Å². The van der Waals surface area contributed by atoms with Gasteiger partial charge in [0.05, 0.1) is 18.7 Å². The highest BCUT2D eigenvalue weighted by Crippen LogP contribution is 2.33. The number of carbonyl (C=O) groups excluding carboxylic acids is 2. The molecule has 1 fully saturated rings. The van der Waals surface area contributed by atoms with Crippen LogP contribution in [0.1, 0.15) is 10.4 Å². The molecule has 222 valence electrons. The van der Waals surface area contributed by atoms with Gasteiger partial charge >= 0.3 is 6.03 Å². The molecular formula is C31H28FN9O3. The van der Waals surface area contributed by atoms with E-state index in [1.165, 1.54) is 17.3 Å². The molecule has 13 heteroatoms. The van der Waals surface area contributed by atoms with Gasteiger partial charge in [0.1, 0.15) is 23.8 Å². The summed E-state index contributed by atoms with van der Waals surface area (Å²) < 4.78 is 20.8. The van der Waals surface area contributed by atoms with E-state index in [1.807, 2.05) is 0 Å². The zero-order chi connectivity index (χ0) is 30.6. The summed E-state index contributed by atoms with van der Waals surface area (Å²) >= 11 is 0. The average molecular weight is 594 g/mol. The molecule has 6 rings (SSSR count). The lowest BCUT2D eigenvalue weighted by Crippen LogP contribution is -2.37. The highest BCUT2D eigenvalue weighted by atomic mass is 19.1. The summed E-state index contributed by atoms with van der Waals surface area (Å²) in [6.07, 6.45) is 6.06. The molecule has 4 heterocycles. The maximum atomic E-state index is 15.3. The van der Waals surface area contributed by atoms with Gasteiger partial charge in [-0.3, -0.25) is 10.1 Å². The number of anilines is 3. The fourth-order valence-electron chi connectivity index (χ4n) is 4.77. The minimum Gasteiger partial charge on any atom is -0.378 e. The number of benzene rings is 2. The van der Waals surface area contributed by atoms with Crippen molar-refractivity contribution in [2.24, 2.45) is 0 Å². The van der Waals surface area contributed by atoms with Crippen LogP contribution in [0.2, 0.25) is 0 Å². The third-order valence-electron chi connectivity index (χ3n) is 7.01. The van der Waals surface area contributed by atoms with Crippen molar-refractivity contribution in [2.45, 2.75) is 0 Å². The molecule has 1 aliphatic heterocycles. The Morgan fingerprint density at radius 1 is 0.909 bits per heavy atom. The van der Waals surface area contributed by atoms with Crippen molar-refractivity contribution in [3.05, 3.63) is 84.8 Å². The number of pyridine rings is 1. The lowest BCUT2D eigenvalue weighted by Gasteiger charge is -2.29. The van der Waals surface area contributed by atoms with E-state index in [4.69, 9.17) is 14.7 Å². The quantitative estimate of drug-likeness (QED) is 0.292. The second-order valence-electron chi connectivity index (χ2n) is 10.2. The zero-order valence-corrected chi connectivity index (χ0v) is 24.0. The van der Waals surface area contributed by atoms with E-state index < -0.39 is 11.8 Å². The van der Waals surface area contributed by atoms with Crippen molar-refractivity contribution < 1.29 is 18.7 Å². The molecule has 0 atom stereocenters. The van der Waals surface area contributed by atoms with Gasteiger partial charge in [-0.1, -0.05) is 0 Å². The van der Waals surface area contributed by atoms with Gasteiger partial charge in [-0.2, -0.15) is 0 Å². The van der Waals surface area contributed by atoms with Gasteiger partial charge in [0, 0.05) is 79.1 Å². The minimum absolute atomic E-state index is 0.129. The average Bonchev–Trinajstić information content (AvgIpc) is 3.05. The van der Waals surface area contributed by atoms with E-state index >= 15 is 4.39 Å². The summed E-state index contributed by atoms with van der Waals surface area (Å²) in [6.45, 7) is 2.27. The normalized spacial score (nSPS) is 13.0. The zero-order valence-electron chi connectivity index (χ0n) is 24.0. The van der Waals surface area contributed by atoms with Crippen LogP contribution in [0.5, 0.6) is 0 Å². The number of rotatable bonds is 6. The van der Waals surface area contributed by atoms with Crippen LogP contribution in [0, 0.1) is 5.82 Å². The van der Waals surface area contributed by atoms with Crippen LogP contribution in [0.4, 0.5) is 26.5 Å². The molecule has 12 nitrogen and oxygen atoms in total. The van der Waals surface area contributed by atoms with E-state index in [1.54, 1.807) is 75.2 Å². The van der Waals surface area contributed by atoms with Crippen molar-refractivity contribution in [1.82, 2.24) is 29.8 Å². The molecule has 1 aliphatic rings. The van der Waals surface area contributed by atoms with Crippen LogP contribution in [0.3, 0.4) is 0 Å². The monoisotopic (exact) mass is 593 g/mol. The molecular weight excluding hydrogens is 565 g/mol. The van der Waals surface area contributed by atoms with Gasteiger partial charge in [0.15, 0.2) is 5.82 Å². The summed E-state index contributed by atoms with van der Waals surface area (Å²) in [7, 11) is 3.35. The summed E-state index contributed by atoms with van der Waals surface area (Å²) in [5, 5.41) is 6.00. The Balaban J connectivity index is 1.25. The molecule has 0 radical (unpaired) electrons. The SMILES string of the molecule is CN(C)C(=O)c1ccc(NC(=O)Nc2ccc(-c3nc(N4CCOCC4)c4cc(F)c(-c5cncnc5)cc4n3)cn2)cc1. The first-order valence-electron chi connectivity index (χ1n) is 13.8. The first-order valence-corrected chi connectivity index (χ1v) is 13.8. The third kappa shape index (κ3) is 6.13. The predicted molar refractivity (Wildman–Crippen MR) is 164 cm³/mol. The molecule has 0 spiro atoms. The number of urea groups is 1. The van der Waals surface area contributed by atoms with Crippen molar-refractivity contribution in [3.63, 3.8) is 0 Å². The van der Waals surface area contributed by atoms with Gasteiger partial charge < -0.3 is 19.9 Å². The van der Waals surface area contributed by atoms with E-state index in [9.17, 15) is 9.59 Å². The molecule has 1 saturated heterocycles. The largest absolute Gasteiger partial charge is 0.378 e. The molecule has 3 amide bonds. The minimum atomic E-state index is -0.493. The fourth-order valence-corrected chi connectivity index (χ4v) is 4.77. The molecule has 2 N–H and O–H groups in total. The van der Waals surface area contributed by atoms with Crippen LogP contribution in [0.15, 0.2) is 73.4 Å². The number of nitrogens with one attached hydrogen (secondary N) is 2. The summed E-state index contributed by atoms with van der Waals surface area (Å²) in [6, 6.07) is 12.6.